The Morgan fingerprint density at radius 1 is 1.10 bits per heavy atom. The van der Waals surface area contributed by atoms with Crippen LogP contribution in [-0.4, -0.2) is 48.2 Å². The lowest BCUT2D eigenvalue weighted by Gasteiger charge is -2.18. The van der Waals surface area contributed by atoms with Crippen LogP contribution >= 0.6 is 0 Å². The van der Waals surface area contributed by atoms with Crippen molar-refractivity contribution in [2.45, 2.75) is 27.2 Å². The molecule has 0 saturated heterocycles. The summed E-state index contributed by atoms with van der Waals surface area (Å²) in [6.07, 6.45) is 4.18. The number of ether oxygens (including phenoxy) is 1. The molecule has 0 radical (unpaired) electrons. The second-order valence-electron chi connectivity index (χ2n) is 6.58. The van der Waals surface area contributed by atoms with Gasteiger partial charge in [-0.05, 0) is 62.8 Å². The van der Waals surface area contributed by atoms with E-state index in [0.29, 0.717) is 18.8 Å². The van der Waals surface area contributed by atoms with Gasteiger partial charge in [0.1, 0.15) is 11.4 Å². The van der Waals surface area contributed by atoms with Crippen molar-refractivity contribution in [2.75, 3.05) is 32.8 Å². The first-order valence-corrected chi connectivity index (χ1v) is 10.2. The average Bonchev–Trinajstić information content (AvgIpc) is 2.74. The van der Waals surface area contributed by atoms with Crippen molar-refractivity contribution >= 4 is 17.7 Å². The summed E-state index contributed by atoms with van der Waals surface area (Å²) in [5.74, 6) is 0.496. The van der Waals surface area contributed by atoms with Gasteiger partial charge >= 0.3 is 0 Å². The number of nitrogens with one attached hydrogen (secondary N) is 1. The Morgan fingerprint density at radius 3 is 2.45 bits per heavy atom. The lowest BCUT2D eigenvalue weighted by atomic mass is 10.1. The van der Waals surface area contributed by atoms with Gasteiger partial charge in [0.25, 0.3) is 11.5 Å². The van der Waals surface area contributed by atoms with Crippen molar-refractivity contribution < 1.29 is 9.53 Å². The van der Waals surface area contributed by atoms with Crippen LogP contribution in [0.1, 0.15) is 32.8 Å². The summed E-state index contributed by atoms with van der Waals surface area (Å²) in [7, 11) is 0. The fourth-order valence-electron chi connectivity index (χ4n) is 2.99. The third-order valence-corrected chi connectivity index (χ3v) is 4.64. The van der Waals surface area contributed by atoms with Crippen LogP contribution in [0.15, 0.2) is 53.5 Å². The number of benzene rings is 1. The Bertz CT molecular complexity index is 852. The molecule has 6 heteroatoms. The number of aromatic nitrogens is 1. The Kier molecular flexibility index (Phi) is 9.18. The molecule has 0 saturated carbocycles. The van der Waals surface area contributed by atoms with E-state index in [1.807, 2.05) is 31.2 Å². The number of carbonyl (C=O) groups is 1. The van der Waals surface area contributed by atoms with Gasteiger partial charge in [-0.15, -0.1) is 0 Å². The van der Waals surface area contributed by atoms with Crippen LogP contribution in [0.4, 0.5) is 0 Å². The number of nitrogens with zero attached hydrogens (tertiary/aromatic N) is 2. The second kappa shape index (κ2) is 11.9. The lowest BCUT2D eigenvalue weighted by Crippen LogP contribution is -2.33. The topological polar surface area (TPSA) is 63.6 Å². The van der Waals surface area contributed by atoms with Crippen molar-refractivity contribution in [1.82, 2.24) is 14.8 Å². The van der Waals surface area contributed by atoms with Crippen molar-refractivity contribution in [1.29, 1.82) is 0 Å². The second-order valence-corrected chi connectivity index (χ2v) is 6.58. The molecule has 156 valence electrons. The monoisotopic (exact) mass is 397 g/mol. The van der Waals surface area contributed by atoms with Gasteiger partial charge < -0.3 is 15.0 Å². The largest absolute Gasteiger partial charge is 0.494 e. The maximum atomic E-state index is 12.9. The van der Waals surface area contributed by atoms with Crippen LogP contribution in [0.25, 0.3) is 11.8 Å². The third-order valence-electron chi connectivity index (χ3n) is 4.64. The zero-order valence-corrected chi connectivity index (χ0v) is 17.6. The van der Waals surface area contributed by atoms with Crippen molar-refractivity contribution in [3.63, 3.8) is 0 Å². The number of amides is 1. The number of rotatable bonds is 11. The lowest BCUT2D eigenvalue weighted by molar-refractivity contribution is -0.115. The molecule has 0 aliphatic carbocycles. The van der Waals surface area contributed by atoms with Crippen molar-refractivity contribution in [3.8, 4) is 5.75 Å². The summed E-state index contributed by atoms with van der Waals surface area (Å²) in [6, 6.07) is 12.3. The zero-order valence-electron chi connectivity index (χ0n) is 17.6. The summed E-state index contributed by atoms with van der Waals surface area (Å²) in [4.78, 5) is 27.5. The van der Waals surface area contributed by atoms with Gasteiger partial charge in [0, 0.05) is 18.8 Å². The zero-order chi connectivity index (χ0) is 21.1. The Hall–Kier alpha value is -2.86. The van der Waals surface area contributed by atoms with Crippen LogP contribution in [0.2, 0.25) is 0 Å². The summed E-state index contributed by atoms with van der Waals surface area (Å²) in [5, 5.41) is 2.95. The van der Waals surface area contributed by atoms with E-state index in [0.717, 1.165) is 37.4 Å². The first kappa shape index (κ1) is 22.4. The predicted octanol–water partition coefficient (Wildman–Crippen LogP) is 3.09. The van der Waals surface area contributed by atoms with Gasteiger partial charge in [0.05, 0.1) is 6.61 Å². The van der Waals surface area contributed by atoms with E-state index < -0.39 is 0 Å². The first-order valence-electron chi connectivity index (χ1n) is 10.2. The minimum atomic E-state index is -0.272. The van der Waals surface area contributed by atoms with Crippen LogP contribution in [0.5, 0.6) is 5.75 Å². The Labute approximate surface area is 172 Å². The molecule has 0 fully saturated rings. The Morgan fingerprint density at radius 2 is 1.83 bits per heavy atom. The smallest absolute Gasteiger partial charge is 0.268 e. The van der Waals surface area contributed by atoms with Gasteiger partial charge in [-0.1, -0.05) is 32.0 Å². The molecule has 0 atom stereocenters. The molecular weight excluding hydrogens is 366 g/mol. The fraction of sp³-hybridized carbons (Fsp3) is 0.391. The minimum absolute atomic E-state index is 0.247. The van der Waals surface area contributed by atoms with Crippen LogP contribution in [0.3, 0.4) is 0 Å². The van der Waals surface area contributed by atoms with Gasteiger partial charge in [-0.25, -0.2) is 0 Å². The molecule has 1 heterocycles. The van der Waals surface area contributed by atoms with E-state index in [1.54, 1.807) is 24.4 Å². The molecule has 1 amide bonds. The first-order chi connectivity index (χ1) is 14.1. The van der Waals surface area contributed by atoms with Crippen LogP contribution in [0, 0.1) is 0 Å². The fourth-order valence-corrected chi connectivity index (χ4v) is 2.99. The number of hydrogen-bond donors (Lipinski definition) is 1. The molecule has 29 heavy (non-hydrogen) atoms. The third kappa shape index (κ3) is 6.91. The molecule has 2 aromatic rings. The van der Waals surface area contributed by atoms with Gasteiger partial charge in [0.15, 0.2) is 0 Å². The number of hydrogen-bond acceptors (Lipinski definition) is 4. The molecule has 6 nitrogen and oxygen atoms in total. The highest BCUT2D eigenvalue weighted by atomic mass is 16.5. The molecule has 0 aliphatic heterocycles. The molecule has 0 bridgehead atoms. The highest BCUT2D eigenvalue weighted by molar-refractivity contribution is 6.18. The van der Waals surface area contributed by atoms with E-state index in [-0.39, 0.29) is 11.5 Å². The predicted molar refractivity (Wildman–Crippen MR) is 118 cm³/mol. The van der Waals surface area contributed by atoms with Gasteiger partial charge in [-0.2, -0.15) is 0 Å². The molecule has 1 aromatic carbocycles. The highest BCUT2D eigenvalue weighted by Gasteiger charge is 2.13. The Balaban J connectivity index is 2.18. The van der Waals surface area contributed by atoms with E-state index in [1.165, 1.54) is 10.6 Å². The van der Waals surface area contributed by atoms with Gasteiger partial charge in [0.2, 0.25) is 0 Å². The molecule has 0 unspecified atom stereocenters. The molecule has 0 spiro atoms. The van der Waals surface area contributed by atoms with E-state index in [2.05, 4.69) is 24.1 Å². The average molecular weight is 398 g/mol. The minimum Gasteiger partial charge on any atom is -0.494 e. The summed E-state index contributed by atoms with van der Waals surface area (Å²) < 4.78 is 6.83. The van der Waals surface area contributed by atoms with Crippen LogP contribution in [-0.2, 0) is 4.79 Å². The standard InChI is InChI=1S/C23H31N3O3/c1-4-25(5-2)16-9-15-24-23(28)21(26-17-8-7-10-22(26)27)18-19-11-13-20(14-12-19)29-6-3/h7-8,10-14,17-18H,4-6,9,15-16H2,1-3H3,(H,24,28). The number of pyridine rings is 1. The molecule has 1 N–H and O–H groups in total. The van der Waals surface area contributed by atoms with Crippen molar-refractivity contribution in [2.24, 2.45) is 0 Å². The molecule has 2 rings (SSSR count). The van der Waals surface area contributed by atoms with Crippen molar-refractivity contribution in [3.05, 3.63) is 64.6 Å². The molecule has 1 aromatic heterocycles. The summed E-state index contributed by atoms with van der Waals surface area (Å²) in [5.41, 5.74) is 0.864. The highest BCUT2D eigenvalue weighted by Crippen LogP contribution is 2.16. The quantitative estimate of drug-likeness (QED) is 0.467. The van der Waals surface area contributed by atoms with E-state index in [9.17, 15) is 9.59 Å². The maximum absolute atomic E-state index is 12.9. The summed E-state index contributed by atoms with van der Waals surface area (Å²) >= 11 is 0. The molecular formula is C23H31N3O3. The SMILES string of the molecule is CCOc1ccc(C=C(C(=O)NCCCN(CC)CC)n2ccccc2=O)cc1. The number of carbonyl (C=O) groups excluding carboxylic acids is 1. The van der Waals surface area contributed by atoms with E-state index in [4.69, 9.17) is 4.74 Å². The maximum Gasteiger partial charge on any atom is 0.268 e. The summed E-state index contributed by atoms with van der Waals surface area (Å²) in [6.45, 7) is 10.2. The normalized spacial score (nSPS) is 11.5. The molecule has 0 aliphatic rings. The van der Waals surface area contributed by atoms with Gasteiger partial charge in [-0.3, -0.25) is 14.2 Å². The van der Waals surface area contributed by atoms with Crippen LogP contribution < -0.4 is 15.6 Å². The van der Waals surface area contributed by atoms with E-state index >= 15 is 0 Å².